The molecule has 3 N–H and O–H groups in total. The second kappa shape index (κ2) is 7.34. The molecule has 0 saturated heterocycles. The van der Waals surface area contributed by atoms with Gasteiger partial charge in [0.1, 0.15) is 5.82 Å². The van der Waals surface area contributed by atoms with Crippen LogP contribution in [0.1, 0.15) is 25.6 Å². The van der Waals surface area contributed by atoms with E-state index in [1.54, 1.807) is 41.8 Å². The molecule has 2 aromatic heterocycles. The van der Waals surface area contributed by atoms with E-state index in [0.717, 1.165) is 12.1 Å². The first-order chi connectivity index (χ1) is 14.3. The van der Waals surface area contributed by atoms with Crippen LogP contribution >= 0.6 is 11.3 Å². The number of fused-ring (bicyclic) bond motifs is 1. The van der Waals surface area contributed by atoms with Crippen molar-refractivity contribution in [2.75, 3.05) is 11.1 Å². The zero-order valence-corrected chi connectivity index (χ0v) is 16.1. The quantitative estimate of drug-likeness (QED) is 0.467. The fourth-order valence-corrected chi connectivity index (χ4v) is 3.90. The SMILES string of the molecule is Nc1c(C(=O)Nc2ccccc2C(F)(F)F)c2ccccc2n1C(=O)c1cccs1. The molecule has 4 rings (SSSR count). The van der Waals surface area contributed by atoms with Gasteiger partial charge in [-0.2, -0.15) is 13.2 Å². The summed E-state index contributed by atoms with van der Waals surface area (Å²) in [4.78, 5) is 26.3. The number of nitrogen functional groups attached to an aromatic ring is 1. The van der Waals surface area contributed by atoms with Crippen LogP contribution in [0.15, 0.2) is 66.0 Å². The molecular formula is C21H14F3N3O2S. The summed E-state index contributed by atoms with van der Waals surface area (Å²) < 4.78 is 41.0. The Hall–Kier alpha value is -3.59. The normalized spacial score (nSPS) is 11.6. The number of para-hydroxylation sites is 2. The maximum Gasteiger partial charge on any atom is 0.418 e. The highest BCUT2D eigenvalue weighted by Gasteiger charge is 2.34. The maximum atomic E-state index is 13.3. The monoisotopic (exact) mass is 429 g/mol. The molecule has 2 heterocycles. The van der Waals surface area contributed by atoms with Gasteiger partial charge < -0.3 is 11.1 Å². The summed E-state index contributed by atoms with van der Waals surface area (Å²) >= 11 is 1.22. The number of alkyl halides is 3. The molecule has 0 unspecified atom stereocenters. The van der Waals surface area contributed by atoms with Crippen LogP contribution in [-0.2, 0) is 6.18 Å². The molecule has 0 radical (unpaired) electrons. The average Bonchev–Trinajstić information content (AvgIpc) is 3.33. The third-order valence-electron chi connectivity index (χ3n) is 4.55. The van der Waals surface area contributed by atoms with E-state index < -0.39 is 29.2 Å². The molecule has 5 nitrogen and oxygen atoms in total. The summed E-state index contributed by atoms with van der Waals surface area (Å²) in [5.41, 5.74) is 5.12. The van der Waals surface area contributed by atoms with E-state index >= 15 is 0 Å². The van der Waals surface area contributed by atoms with E-state index in [-0.39, 0.29) is 11.4 Å². The molecule has 4 aromatic rings. The topological polar surface area (TPSA) is 77.1 Å². The number of halogens is 3. The number of nitrogens with one attached hydrogen (secondary N) is 1. The first-order valence-corrected chi connectivity index (χ1v) is 9.61. The molecule has 0 saturated carbocycles. The third-order valence-corrected chi connectivity index (χ3v) is 5.41. The lowest BCUT2D eigenvalue weighted by Crippen LogP contribution is -2.19. The highest BCUT2D eigenvalue weighted by atomic mass is 32.1. The van der Waals surface area contributed by atoms with E-state index in [1.807, 2.05) is 0 Å². The maximum absolute atomic E-state index is 13.3. The summed E-state index contributed by atoms with van der Waals surface area (Å²) in [5, 5.41) is 4.39. The lowest BCUT2D eigenvalue weighted by Gasteiger charge is -2.13. The lowest BCUT2D eigenvalue weighted by atomic mass is 10.1. The van der Waals surface area contributed by atoms with Gasteiger partial charge in [-0.1, -0.05) is 36.4 Å². The second-order valence-corrected chi connectivity index (χ2v) is 7.34. The minimum absolute atomic E-state index is 0.0625. The number of carbonyl (C=O) groups is 2. The zero-order chi connectivity index (χ0) is 21.5. The van der Waals surface area contributed by atoms with Crippen molar-refractivity contribution in [3.8, 4) is 0 Å². The van der Waals surface area contributed by atoms with Crippen molar-refractivity contribution in [2.24, 2.45) is 0 Å². The van der Waals surface area contributed by atoms with Gasteiger partial charge in [0, 0.05) is 5.39 Å². The van der Waals surface area contributed by atoms with E-state index in [4.69, 9.17) is 5.73 Å². The molecule has 0 atom stereocenters. The summed E-state index contributed by atoms with van der Waals surface area (Å²) in [6, 6.07) is 14.5. The Kier molecular flexibility index (Phi) is 4.83. The number of amides is 1. The highest BCUT2D eigenvalue weighted by Crippen LogP contribution is 2.36. The molecule has 0 aliphatic heterocycles. The molecule has 9 heteroatoms. The van der Waals surface area contributed by atoms with Crippen LogP contribution in [0.2, 0.25) is 0 Å². The van der Waals surface area contributed by atoms with Gasteiger partial charge >= 0.3 is 6.18 Å². The van der Waals surface area contributed by atoms with Gasteiger partial charge in [-0.3, -0.25) is 14.2 Å². The second-order valence-electron chi connectivity index (χ2n) is 6.39. The number of hydrogen-bond donors (Lipinski definition) is 2. The van der Waals surface area contributed by atoms with Crippen LogP contribution in [0.3, 0.4) is 0 Å². The van der Waals surface area contributed by atoms with E-state index in [1.165, 1.54) is 28.0 Å². The molecule has 152 valence electrons. The number of anilines is 2. The minimum atomic E-state index is -4.64. The standard InChI is InChI=1S/C21H14F3N3O2S/c22-21(23,24)13-7-2-3-8-14(13)26-19(28)17-12-6-1-4-9-15(12)27(18(17)25)20(29)16-10-5-11-30-16/h1-11H,25H2,(H,26,28). The van der Waals surface area contributed by atoms with Crippen LogP contribution in [0, 0.1) is 0 Å². The number of carbonyl (C=O) groups excluding carboxylic acids is 2. The molecule has 1 amide bonds. The average molecular weight is 429 g/mol. The molecule has 0 spiro atoms. The number of aromatic nitrogens is 1. The van der Waals surface area contributed by atoms with Gasteiger partial charge in [-0.05, 0) is 29.6 Å². The van der Waals surface area contributed by atoms with Gasteiger partial charge in [-0.25, -0.2) is 0 Å². The molecule has 2 aromatic carbocycles. The van der Waals surface area contributed by atoms with Crippen LogP contribution in [0.4, 0.5) is 24.7 Å². The fraction of sp³-hybridized carbons (Fsp3) is 0.0476. The molecular weight excluding hydrogens is 415 g/mol. The Balaban J connectivity index is 1.82. The lowest BCUT2D eigenvalue weighted by molar-refractivity contribution is -0.136. The Morgan fingerprint density at radius 1 is 0.967 bits per heavy atom. The van der Waals surface area contributed by atoms with Gasteiger partial charge in [0.15, 0.2) is 0 Å². The van der Waals surface area contributed by atoms with Crippen LogP contribution in [0.5, 0.6) is 0 Å². The Morgan fingerprint density at radius 2 is 1.67 bits per heavy atom. The molecule has 0 aliphatic rings. The van der Waals surface area contributed by atoms with E-state index in [9.17, 15) is 22.8 Å². The number of benzene rings is 2. The van der Waals surface area contributed by atoms with Crippen LogP contribution in [-0.4, -0.2) is 16.4 Å². The highest BCUT2D eigenvalue weighted by molar-refractivity contribution is 7.12. The van der Waals surface area contributed by atoms with Gasteiger partial charge in [-0.15, -0.1) is 11.3 Å². The van der Waals surface area contributed by atoms with Crippen molar-refractivity contribution in [3.63, 3.8) is 0 Å². The van der Waals surface area contributed by atoms with Crippen LogP contribution < -0.4 is 11.1 Å². The summed E-state index contributed by atoms with van der Waals surface area (Å²) in [6.45, 7) is 0. The van der Waals surface area contributed by atoms with Crippen molar-refractivity contribution in [2.45, 2.75) is 6.18 Å². The third kappa shape index (κ3) is 3.33. The minimum Gasteiger partial charge on any atom is -0.384 e. The molecule has 0 aliphatic carbocycles. The first kappa shape index (κ1) is 19.7. The Labute approximate surface area is 172 Å². The Bertz CT molecular complexity index is 1260. The Morgan fingerprint density at radius 3 is 2.37 bits per heavy atom. The van der Waals surface area contributed by atoms with Gasteiger partial charge in [0.2, 0.25) is 0 Å². The van der Waals surface area contributed by atoms with Crippen molar-refractivity contribution in [1.82, 2.24) is 4.57 Å². The van der Waals surface area contributed by atoms with Crippen molar-refractivity contribution in [3.05, 3.63) is 82.0 Å². The van der Waals surface area contributed by atoms with E-state index in [2.05, 4.69) is 5.32 Å². The summed E-state index contributed by atoms with van der Waals surface area (Å²) in [6.07, 6.45) is -4.64. The largest absolute Gasteiger partial charge is 0.418 e. The van der Waals surface area contributed by atoms with Crippen molar-refractivity contribution in [1.29, 1.82) is 0 Å². The first-order valence-electron chi connectivity index (χ1n) is 8.73. The van der Waals surface area contributed by atoms with Crippen molar-refractivity contribution >= 4 is 45.6 Å². The van der Waals surface area contributed by atoms with E-state index in [0.29, 0.717) is 15.8 Å². The summed E-state index contributed by atoms with van der Waals surface area (Å²) in [7, 11) is 0. The molecule has 0 fully saturated rings. The fourth-order valence-electron chi connectivity index (χ4n) is 3.25. The summed E-state index contributed by atoms with van der Waals surface area (Å²) in [5.74, 6) is -1.40. The number of nitrogens with two attached hydrogens (primary N) is 1. The molecule has 30 heavy (non-hydrogen) atoms. The number of thiophene rings is 1. The van der Waals surface area contributed by atoms with Crippen LogP contribution in [0.25, 0.3) is 10.9 Å². The predicted octanol–water partition coefficient (Wildman–Crippen LogP) is 5.24. The number of nitrogens with zero attached hydrogens (tertiary/aromatic N) is 1. The zero-order valence-electron chi connectivity index (χ0n) is 15.2. The van der Waals surface area contributed by atoms with Gasteiger partial charge in [0.05, 0.1) is 27.2 Å². The number of hydrogen-bond acceptors (Lipinski definition) is 4. The number of rotatable bonds is 3. The van der Waals surface area contributed by atoms with Gasteiger partial charge in [0.25, 0.3) is 11.8 Å². The molecule has 0 bridgehead atoms. The van der Waals surface area contributed by atoms with Crippen molar-refractivity contribution < 1.29 is 22.8 Å². The smallest absolute Gasteiger partial charge is 0.384 e. The predicted molar refractivity (Wildman–Crippen MR) is 110 cm³/mol.